The third kappa shape index (κ3) is 6.51. The van der Waals surface area contributed by atoms with E-state index in [0.29, 0.717) is 12.1 Å². The highest BCUT2D eigenvalue weighted by Gasteiger charge is 2.17. The van der Waals surface area contributed by atoms with Crippen LogP contribution in [0.15, 0.2) is 66.7 Å². The molecule has 0 aliphatic carbocycles. The molecular weight excluding hydrogens is 430 g/mol. The van der Waals surface area contributed by atoms with Crippen molar-refractivity contribution in [3.8, 4) is 11.5 Å². The molecule has 3 rings (SSSR count). The first-order chi connectivity index (χ1) is 16.4. The van der Waals surface area contributed by atoms with Gasteiger partial charge in [0, 0.05) is 17.8 Å². The molecule has 3 aromatic carbocycles. The topological polar surface area (TPSA) is 88.7 Å². The Hall–Kier alpha value is -4.00. The number of carbonyl (C=O) groups is 2. The van der Waals surface area contributed by atoms with Crippen molar-refractivity contribution >= 4 is 23.2 Å². The first-order valence-electron chi connectivity index (χ1n) is 11.1. The molecule has 0 fully saturated rings. The van der Waals surface area contributed by atoms with E-state index in [-0.39, 0.29) is 24.4 Å². The quantitative estimate of drug-likeness (QED) is 0.408. The number of ether oxygens (including phenoxy) is 2. The first kappa shape index (κ1) is 24.6. The molecule has 0 aliphatic heterocycles. The van der Waals surface area contributed by atoms with Crippen molar-refractivity contribution in [2.75, 3.05) is 31.4 Å². The number of nitrogens with one attached hydrogen (secondary N) is 3. The lowest BCUT2D eigenvalue weighted by Gasteiger charge is -2.21. The zero-order valence-corrected chi connectivity index (χ0v) is 20.0. The summed E-state index contributed by atoms with van der Waals surface area (Å²) in [5.74, 6) is 1.26. The standard InChI is InChI=1S/C27H31N3O4/c1-5-25(31)29-21-11-6-18(2)24(16-21)28-17-26(32)30-27(19-7-12-22(33-3)13-8-19)20-9-14-23(34-4)15-10-20/h6-16,27-28H,5,17H2,1-4H3,(H,29,31)(H,30,32). The molecule has 0 aliphatic rings. The minimum absolute atomic E-state index is 0.0608. The van der Waals surface area contributed by atoms with Crippen LogP contribution in [-0.2, 0) is 9.59 Å². The van der Waals surface area contributed by atoms with Crippen LogP contribution in [0, 0.1) is 6.92 Å². The van der Waals surface area contributed by atoms with Gasteiger partial charge in [-0.3, -0.25) is 9.59 Å². The van der Waals surface area contributed by atoms with Gasteiger partial charge in [-0.25, -0.2) is 0 Å². The van der Waals surface area contributed by atoms with E-state index < -0.39 is 0 Å². The van der Waals surface area contributed by atoms with Gasteiger partial charge in [0.15, 0.2) is 0 Å². The molecule has 0 radical (unpaired) electrons. The number of amides is 2. The minimum Gasteiger partial charge on any atom is -0.497 e. The van der Waals surface area contributed by atoms with Gasteiger partial charge in [-0.1, -0.05) is 37.3 Å². The summed E-state index contributed by atoms with van der Waals surface area (Å²) in [5, 5.41) is 9.14. The fourth-order valence-electron chi connectivity index (χ4n) is 3.48. The predicted octanol–water partition coefficient (Wildman–Crippen LogP) is 4.68. The van der Waals surface area contributed by atoms with Crippen LogP contribution in [-0.4, -0.2) is 32.6 Å². The molecule has 3 aromatic rings. The second-order valence-electron chi connectivity index (χ2n) is 7.83. The average molecular weight is 462 g/mol. The summed E-state index contributed by atoms with van der Waals surface area (Å²) in [7, 11) is 3.24. The summed E-state index contributed by atoms with van der Waals surface area (Å²) in [6.07, 6.45) is 0.400. The monoisotopic (exact) mass is 461 g/mol. The summed E-state index contributed by atoms with van der Waals surface area (Å²) in [6, 6.07) is 20.5. The van der Waals surface area contributed by atoms with E-state index >= 15 is 0 Å². The maximum atomic E-state index is 12.9. The Morgan fingerprint density at radius 3 is 1.88 bits per heavy atom. The summed E-state index contributed by atoms with van der Waals surface area (Å²) in [5.41, 5.74) is 4.31. The van der Waals surface area contributed by atoms with E-state index in [4.69, 9.17) is 9.47 Å². The molecule has 0 heterocycles. The van der Waals surface area contributed by atoms with Crippen LogP contribution >= 0.6 is 0 Å². The third-order valence-corrected chi connectivity index (χ3v) is 5.49. The maximum Gasteiger partial charge on any atom is 0.240 e. The van der Waals surface area contributed by atoms with Crippen molar-refractivity contribution in [2.24, 2.45) is 0 Å². The molecule has 7 nitrogen and oxygen atoms in total. The summed E-state index contributed by atoms with van der Waals surface area (Å²) < 4.78 is 10.5. The number of anilines is 2. The van der Waals surface area contributed by atoms with Crippen molar-refractivity contribution in [3.05, 3.63) is 83.4 Å². The smallest absolute Gasteiger partial charge is 0.240 e. The number of hydrogen-bond acceptors (Lipinski definition) is 5. The van der Waals surface area contributed by atoms with Gasteiger partial charge < -0.3 is 25.4 Å². The van der Waals surface area contributed by atoms with Crippen LogP contribution in [0.2, 0.25) is 0 Å². The van der Waals surface area contributed by atoms with Gasteiger partial charge in [0.05, 0.1) is 26.8 Å². The Kier molecular flexibility index (Phi) is 8.51. The molecule has 2 amide bonds. The van der Waals surface area contributed by atoms with E-state index in [0.717, 1.165) is 33.9 Å². The van der Waals surface area contributed by atoms with Crippen molar-refractivity contribution in [2.45, 2.75) is 26.3 Å². The van der Waals surface area contributed by atoms with Gasteiger partial charge in [0.1, 0.15) is 11.5 Å². The zero-order valence-electron chi connectivity index (χ0n) is 20.0. The van der Waals surface area contributed by atoms with E-state index in [1.807, 2.05) is 73.7 Å². The lowest BCUT2D eigenvalue weighted by atomic mass is 9.98. The molecule has 0 saturated carbocycles. The van der Waals surface area contributed by atoms with Gasteiger partial charge >= 0.3 is 0 Å². The van der Waals surface area contributed by atoms with Crippen LogP contribution in [0.4, 0.5) is 11.4 Å². The summed E-state index contributed by atoms with van der Waals surface area (Å²) >= 11 is 0. The summed E-state index contributed by atoms with van der Waals surface area (Å²) in [4.78, 5) is 24.7. The first-order valence-corrected chi connectivity index (χ1v) is 11.1. The van der Waals surface area contributed by atoms with Crippen LogP contribution in [0.5, 0.6) is 11.5 Å². The molecular formula is C27H31N3O4. The fourth-order valence-corrected chi connectivity index (χ4v) is 3.48. The van der Waals surface area contributed by atoms with Crippen molar-refractivity contribution in [1.29, 1.82) is 0 Å². The van der Waals surface area contributed by atoms with Gasteiger partial charge in [-0.2, -0.15) is 0 Å². The Morgan fingerprint density at radius 2 is 1.38 bits per heavy atom. The molecule has 3 N–H and O–H groups in total. The molecule has 0 spiro atoms. The number of benzene rings is 3. The summed E-state index contributed by atoms with van der Waals surface area (Å²) in [6.45, 7) is 3.83. The molecule has 0 aromatic heterocycles. The lowest BCUT2D eigenvalue weighted by Crippen LogP contribution is -2.34. The number of hydrogen-bond donors (Lipinski definition) is 3. The van der Waals surface area contributed by atoms with Crippen molar-refractivity contribution < 1.29 is 19.1 Å². The van der Waals surface area contributed by atoms with Crippen LogP contribution in [0.3, 0.4) is 0 Å². The largest absolute Gasteiger partial charge is 0.497 e. The number of rotatable bonds is 10. The highest BCUT2D eigenvalue weighted by molar-refractivity contribution is 5.91. The maximum absolute atomic E-state index is 12.9. The SMILES string of the molecule is CCC(=O)Nc1ccc(C)c(NCC(=O)NC(c2ccc(OC)cc2)c2ccc(OC)cc2)c1. The molecule has 0 bridgehead atoms. The van der Waals surface area contributed by atoms with Crippen LogP contribution < -0.4 is 25.4 Å². The number of aryl methyl sites for hydroxylation is 1. The highest BCUT2D eigenvalue weighted by Crippen LogP contribution is 2.26. The average Bonchev–Trinajstić information content (AvgIpc) is 2.87. The normalized spacial score (nSPS) is 10.5. The predicted molar refractivity (Wildman–Crippen MR) is 135 cm³/mol. The molecule has 0 unspecified atom stereocenters. The molecule has 0 atom stereocenters. The van der Waals surface area contributed by atoms with Crippen molar-refractivity contribution in [3.63, 3.8) is 0 Å². The van der Waals surface area contributed by atoms with Gasteiger partial charge in [0.25, 0.3) is 0 Å². The van der Waals surface area contributed by atoms with Crippen LogP contribution in [0.1, 0.15) is 36.1 Å². The Bertz CT molecular complexity index is 1060. The lowest BCUT2D eigenvalue weighted by molar-refractivity contribution is -0.120. The Balaban J connectivity index is 1.75. The zero-order chi connectivity index (χ0) is 24.5. The molecule has 7 heteroatoms. The Morgan fingerprint density at radius 1 is 0.824 bits per heavy atom. The fraction of sp³-hybridized carbons (Fsp3) is 0.259. The Labute approximate surface area is 200 Å². The van der Waals surface area contributed by atoms with Gasteiger partial charge in [-0.05, 0) is 60.0 Å². The van der Waals surface area contributed by atoms with Crippen molar-refractivity contribution in [1.82, 2.24) is 5.32 Å². The van der Waals surface area contributed by atoms with E-state index in [1.165, 1.54) is 0 Å². The van der Waals surface area contributed by atoms with Crippen LogP contribution in [0.25, 0.3) is 0 Å². The molecule has 0 saturated heterocycles. The molecule has 178 valence electrons. The highest BCUT2D eigenvalue weighted by atomic mass is 16.5. The molecule has 34 heavy (non-hydrogen) atoms. The van der Waals surface area contributed by atoms with E-state index in [1.54, 1.807) is 21.1 Å². The number of methoxy groups -OCH3 is 2. The van der Waals surface area contributed by atoms with E-state index in [2.05, 4.69) is 16.0 Å². The second-order valence-corrected chi connectivity index (χ2v) is 7.83. The van der Waals surface area contributed by atoms with Gasteiger partial charge in [-0.15, -0.1) is 0 Å². The van der Waals surface area contributed by atoms with E-state index in [9.17, 15) is 9.59 Å². The van der Waals surface area contributed by atoms with Gasteiger partial charge in [0.2, 0.25) is 11.8 Å². The number of carbonyl (C=O) groups excluding carboxylic acids is 2. The third-order valence-electron chi connectivity index (χ3n) is 5.49. The minimum atomic E-state index is -0.345. The second kappa shape index (κ2) is 11.7.